The van der Waals surface area contributed by atoms with Crippen LogP contribution in [0.2, 0.25) is 0 Å². The molecule has 0 saturated carbocycles. The van der Waals surface area contributed by atoms with Gasteiger partial charge < -0.3 is 19.9 Å². The molecule has 4 rings (SSSR count). The van der Waals surface area contributed by atoms with E-state index in [1.165, 1.54) is 0 Å². The van der Waals surface area contributed by atoms with Gasteiger partial charge in [-0.25, -0.2) is 4.68 Å². The van der Waals surface area contributed by atoms with E-state index in [2.05, 4.69) is 22.5 Å². The molecule has 2 aromatic carbocycles. The molecule has 166 valence electrons. The van der Waals surface area contributed by atoms with Gasteiger partial charge in [-0.1, -0.05) is 18.2 Å². The summed E-state index contributed by atoms with van der Waals surface area (Å²) in [6.45, 7) is 1.12. The van der Waals surface area contributed by atoms with Crippen molar-refractivity contribution in [1.82, 2.24) is 9.78 Å². The number of benzene rings is 2. The summed E-state index contributed by atoms with van der Waals surface area (Å²) in [5, 5.41) is 7.17. The Balaban J connectivity index is 1.33. The maximum absolute atomic E-state index is 12.5. The first kappa shape index (κ1) is 21.4. The van der Waals surface area contributed by atoms with Crippen molar-refractivity contribution in [3.05, 3.63) is 66.4 Å². The monoisotopic (exact) mass is 433 g/mol. The predicted molar refractivity (Wildman–Crippen MR) is 124 cm³/mol. The standard InChI is InChI=1S/C24H27N5O3/c1-27(2)19-10-8-18(9-11-19)16-29-22(12-13-25-29)26-23(30)17-32-21-6-3-5-20(15-21)28-14-4-7-24(28)31/h3,5-6,8-13,15H,4,7,14,16-17H2,1-2H3,(H,26,30). The van der Waals surface area contributed by atoms with Gasteiger partial charge in [0.2, 0.25) is 5.91 Å². The number of hydrogen-bond acceptors (Lipinski definition) is 5. The van der Waals surface area contributed by atoms with Gasteiger partial charge in [-0.15, -0.1) is 0 Å². The molecule has 0 radical (unpaired) electrons. The molecule has 0 unspecified atom stereocenters. The van der Waals surface area contributed by atoms with Crippen molar-refractivity contribution in [3.63, 3.8) is 0 Å². The number of anilines is 3. The van der Waals surface area contributed by atoms with E-state index in [-0.39, 0.29) is 18.4 Å². The number of nitrogens with one attached hydrogen (secondary N) is 1. The average Bonchev–Trinajstić information content (AvgIpc) is 3.41. The van der Waals surface area contributed by atoms with Crippen LogP contribution in [0.4, 0.5) is 17.2 Å². The highest BCUT2D eigenvalue weighted by atomic mass is 16.5. The molecule has 3 aromatic rings. The van der Waals surface area contributed by atoms with E-state index in [4.69, 9.17) is 4.74 Å². The zero-order valence-electron chi connectivity index (χ0n) is 18.3. The number of hydrogen-bond donors (Lipinski definition) is 1. The van der Waals surface area contributed by atoms with Crippen molar-refractivity contribution >= 4 is 29.0 Å². The van der Waals surface area contributed by atoms with Gasteiger partial charge in [0.05, 0.1) is 12.7 Å². The van der Waals surface area contributed by atoms with E-state index in [0.717, 1.165) is 23.4 Å². The third-order valence-corrected chi connectivity index (χ3v) is 5.34. The lowest BCUT2D eigenvalue weighted by Gasteiger charge is -2.16. The van der Waals surface area contributed by atoms with E-state index in [0.29, 0.717) is 31.1 Å². The van der Waals surface area contributed by atoms with Gasteiger partial charge in [-0.05, 0) is 36.2 Å². The van der Waals surface area contributed by atoms with E-state index in [1.54, 1.807) is 34.0 Å². The molecule has 1 aromatic heterocycles. The molecule has 8 heteroatoms. The largest absolute Gasteiger partial charge is 0.484 e. The maximum Gasteiger partial charge on any atom is 0.263 e. The second-order valence-electron chi connectivity index (χ2n) is 7.92. The molecular formula is C24H27N5O3. The van der Waals surface area contributed by atoms with Crippen LogP contribution in [0.25, 0.3) is 0 Å². The van der Waals surface area contributed by atoms with Gasteiger partial charge in [0, 0.05) is 50.6 Å². The Hall–Kier alpha value is -3.81. The number of rotatable bonds is 8. The topological polar surface area (TPSA) is 79.7 Å². The summed E-state index contributed by atoms with van der Waals surface area (Å²) >= 11 is 0. The summed E-state index contributed by atoms with van der Waals surface area (Å²) in [5.74, 6) is 0.986. The van der Waals surface area contributed by atoms with Gasteiger partial charge in [0.1, 0.15) is 11.6 Å². The maximum atomic E-state index is 12.5. The van der Waals surface area contributed by atoms with Crippen LogP contribution in [0.1, 0.15) is 18.4 Å². The first-order chi connectivity index (χ1) is 15.5. The van der Waals surface area contributed by atoms with Crippen LogP contribution in [0, 0.1) is 0 Å². The molecule has 2 heterocycles. The molecule has 0 spiro atoms. The lowest BCUT2D eigenvalue weighted by molar-refractivity contribution is -0.118. The number of carbonyl (C=O) groups is 2. The fourth-order valence-electron chi connectivity index (χ4n) is 3.63. The first-order valence-electron chi connectivity index (χ1n) is 10.6. The number of amides is 2. The Morgan fingerprint density at radius 1 is 1.16 bits per heavy atom. The number of nitrogens with zero attached hydrogens (tertiary/aromatic N) is 4. The normalized spacial score (nSPS) is 13.3. The SMILES string of the molecule is CN(C)c1ccc(Cn2nccc2NC(=O)COc2cccc(N3CCCC3=O)c2)cc1. The Kier molecular flexibility index (Phi) is 6.39. The zero-order valence-corrected chi connectivity index (χ0v) is 18.3. The fourth-order valence-corrected chi connectivity index (χ4v) is 3.63. The Bertz CT molecular complexity index is 1090. The molecule has 1 saturated heterocycles. The van der Waals surface area contributed by atoms with Crippen LogP contribution in [0.3, 0.4) is 0 Å². The third kappa shape index (κ3) is 5.08. The minimum Gasteiger partial charge on any atom is -0.484 e. The lowest BCUT2D eigenvalue weighted by Crippen LogP contribution is -2.24. The van der Waals surface area contributed by atoms with Gasteiger partial charge in [-0.2, -0.15) is 5.10 Å². The molecule has 0 bridgehead atoms. The van der Waals surface area contributed by atoms with Crippen LogP contribution in [0.5, 0.6) is 5.75 Å². The Morgan fingerprint density at radius 3 is 2.69 bits per heavy atom. The highest BCUT2D eigenvalue weighted by Crippen LogP contribution is 2.25. The van der Waals surface area contributed by atoms with Crippen molar-refractivity contribution in [1.29, 1.82) is 0 Å². The average molecular weight is 434 g/mol. The van der Waals surface area contributed by atoms with Crippen molar-refractivity contribution < 1.29 is 14.3 Å². The lowest BCUT2D eigenvalue weighted by atomic mass is 10.2. The van der Waals surface area contributed by atoms with Crippen molar-refractivity contribution in [2.24, 2.45) is 0 Å². The van der Waals surface area contributed by atoms with Gasteiger partial charge >= 0.3 is 0 Å². The Morgan fingerprint density at radius 2 is 1.97 bits per heavy atom. The van der Waals surface area contributed by atoms with Gasteiger partial charge in [0.15, 0.2) is 6.61 Å². The zero-order chi connectivity index (χ0) is 22.5. The minimum absolute atomic E-state index is 0.115. The van der Waals surface area contributed by atoms with Crippen LogP contribution in [-0.2, 0) is 16.1 Å². The minimum atomic E-state index is -0.280. The van der Waals surface area contributed by atoms with Gasteiger partial charge in [0.25, 0.3) is 5.91 Å². The molecule has 0 atom stereocenters. The van der Waals surface area contributed by atoms with Crippen LogP contribution >= 0.6 is 0 Å². The second kappa shape index (κ2) is 9.55. The second-order valence-corrected chi connectivity index (χ2v) is 7.92. The van der Waals surface area contributed by atoms with Crippen molar-refractivity contribution in [2.45, 2.75) is 19.4 Å². The highest BCUT2D eigenvalue weighted by Gasteiger charge is 2.21. The van der Waals surface area contributed by atoms with Crippen LogP contribution in [-0.4, -0.2) is 48.8 Å². The summed E-state index contributed by atoms with van der Waals surface area (Å²) in [6.07, 6.45) is 3.09. The molecule has 1 aliphatic rings. The number of aromatic nitrogens is 2. The fraction of sp³-hybridized carbons (Fsp3) is 0.292. The summed E-state index contributed by atoms with van der Waals surface area (Å²) in [7, 11) is 4.00. The quantitative estimate of drug-likeness (QED) is 0.590. The van der Waals surface area contributed by atoms with E-state index in [1.807, 2.05) is 43.3 Å². The summed E-state index contributed by atoms with van der Waals surface area (Å²) in [4.78, 5) is 28.2. The first-order valence-corrected chi connectivity index (χ1v) is 10.6. The highest BCUT2D eigenvalue weighted by molar-refractivity contribution is 5.95. The van der Waals surface area contributed by atoms with E-state index >= 15 is 0 Å². The number of ether oxygens (including phenoxy) is 1. The molecule has 8 nitrogen and oxygen atoms in total. The molecular weight excluding hydrogens is 406 g/mol. The van der Waals surface area contributed by atoms with Crippen molar-refractivity contribution in [2.75, 3.05) is 42.4 Å². The van der Waals surface area contributed by atoms with Gasteiger partial charge in [-0.3, -0.25) is 9.59 Å². The number of carbonyl (C=O) groups excluding carboxylic acids is 2. The molecule has 32 heavy (non-hydrogen) atoms. The molecule has 1 N–H and O–H groups in total. The molecule has 1 aliphatic heterocycles. The summed E-state index contributed by atoms with van der Waals surface area (Å²) in [6, 6.07) is 17.2. The van der Waals surface area contributed by atoms with E-state index < -0.39 is 0 Å². The third-order valence-electron chi connectivity index (χ3n) is 5.34. The summed E-state index contributed by atoms with van der Waals surface area (Å²) in [5.41, 5.74) is 3.00. The van der Waals surface area contributed by atoms with Crippen molar-refractivity contribution in [3.8, 4) is 5.75 Å². The molecule has 0 aliphatic carbocycles. The molecule has 1 fully saturated rings. The van der Waals surface area contributed by atoms with E-state index in [9.17, 15) is 9.59 Å². The summed E-state index contributed by atoms with van der Waals surface area (Å²) < 4.78 is 7.40. The van der Waals surface area contributed by atoms with Crippen LogP contribution in [0.15, 0.2) is 60.8 Å². The smallest absolute Gasteiger partial charge is 0.263 e. The molecule has 2 amide bonds. The van der Waals surface area contributed by atoms with Crippen LogP contribution < -0.4 is 19.9 Å². The Labute approximate surface area is 187 Å². The predicted octanol–water partition coefficient (Wildman–Crippen LogP) is 3.14.